The second-order valence-electron chi connectivity index (χ2n) is 9.13. The summed E-state index contributed by atoms with van der Waals surface area (Å²) in [7, 11) is 1.56. The van der Waals surface area contributed by atoms with Crippen molar-refractivity contribution in [1.29, 1.82) is 5.26 Å². The molecule has 11 heteroatoms. The van der Waals surface area contributed by atoms with Gasteiger partial charge in [0.1, 0.15) is 6.07 Å². The van der Waals surface area contributed by atoms with Crippen LogP contribution in [0, 0.1) is 11.3 Å². The number of fused-ring (bicyclic) bond motifs is 1. The van der Waals surface area contributed by atoms with Crippen molar-refractivity contribution in [2.24, 2.45) is 0 Å². The van der Waals surface area contributed by atoms with Crippen LogP contribution in [0.4, 0.5) is 17.1 Å². The monoisotopic (exact) mass is 540 g/mol. The maximum atomic E-state index is 9.86. The van der Waals surface area contributed by atoms with Gasteiger partial charge in [0.2, 0.25) is 5.88 Å². The minimum absolute atomic E-state index is 0.215. The highest BCUT2D eigenvalue weighted by atomic mass is 35.5. The Kier molecular flexibility index (Phi) is 6.77. The fourth-order valence-corrected chi connectivity index (χ4v) is 4.77. The molecule has 2 aromatic heterocycles. The molecule has 6 rings (SSSR count). The Morgan fingerprint density at radius 1 is 1.13 bits per heavy atom. The van der Waals surface area contributed by atoms with E-state index in [4.69, 9.17) is 21.1 Å². The highest BCUT2D eigenvalue weighted by Gasteiger charge is 2.30. The second-order valence-corrected chi connectivity index (χ2v) is 9.54. The number of rotatable bonds is 8. The number of anilines is 3. The zero-order chi connectivity index (χ0) is 26.8. The first-order valence-corrected chi connectivity index (χ1v) is 12.7. The molecule has 0 unspecified atom stereocenters. The van der Waals surface area contributed by atoms with E-state index in [-0.39, 0.29) is 12.1 Å². The zero-order valence-electron chi connectivity index (χ0n) is 21.0. The summed E-state index contributed by atoms with van der Waals surface area (Å²) < 4.78 is 10.5. The van der Waals surface area contributed by atoms with Crippen LogP contribution in [-0.4, -0.2) is 41.3 Å². The molecular formula is C28H25ClN8O2. The number of nitrogens with zero attached hydrogens (tertiary/aromatic N) is 4. The quantitative estimate of drug-likeness (QED) is 0.252. The minimum atomic E-state index is -0.215. The van der Waals surface area contributed by atoms with Gasteiger partial charge in [0.25, 0.3) is 0 Å². The lowest BCUT2D eigenvalue weighted by Gasteiger charge is -2.33. The molecule has 0 radical (unpaired) electrons. The van der Waals surface area contributed by atoms with Crippen molar-refractivity contribution in [3.63, 3.8) is 0 Å². The van der Waals surface area contributed by atoms with Crippen LogP contribution < -0.4 is 26.3 Å². The van der Waals surface area contributed by atoms with Crippen molar-refractivity contribution < 1.29 is 9.47 Å². The van der Waals surface area contributed by atoms with E-state index in [9.17, 15) is 5.26 Å². The molecule has 2 aliphatic heterocycles. The largest absolute Gasteiger partial charge is 0.481 e. The molecule has 196 valence electrons. The summed E-state index contributed by atoms with van der Waals surface area (Å²) >= 11 is 6.75. The first-order valence-electron chi connectivity index (χ1n) is 12.3. The maximum absolute atomic E-state index is 9.86. The van der Waals surface area contributed by atoms with Crippen molar-refractivity contribution >= 4 is 39.6 Å². The summed E-state index contributed by atoms with van der Waals surface area (Å²) in [5.41, 5.74) is 11.5. The standard InChI is InChI=1S/C28H25ClN8O2/c1-38-25-8-7-19(13-31-25)33-26-18(11-30)12-32-28-22(26)9-20(10-23(28)29)34-27(17-5-3-2-4-6-17)24-14-37(36-35-24)21-15-39-16-21/h2-10,12-14,21,27,34-36H,15-16H2,1H3,(H,32,33)/t27-/m0/s1. The summed E-state index contributed by atoms with van der Waals surface area (Å²) in [6, 6.07) is 19.8. The molecule has 2 aliphatic rings. The van der Waals surface area contributed by atoms with Gasteiger partial charge in [0.05, 0.1) is 71.8 Å². The highest BCUT2D eigenvalue weighted by Crippen LogP contribution is 2.37. The fourth-order valence-electron chi connectivity index (χ4n) is 4.51. The summed E-state index contributed by atoms with van der Waals surface area (Å²) in [5.74, 6) is 0.495. The molecule has 2 aromatic carbocycles. The van der Waals surface area contributed by atoms with Crippen LogP contribution in [-0.2, 0) is 4.74 Å². The molecule has 0 amide bonds. The fraction of sp³-hybridized carbons (Fsp3) is 0.179. The van der Waals surface area contributed by atoms with Gasteiger partial charge in [-0.3, -0.25) is 9.99 Å². The van der Waals surface area contributed by atoms with E-state index in [0.717, 1.165) is 16.9 Å². The Balaban J connectivity index is 1.39. The van der Waals surface area contributed by atoms with Crippen LogP contribution in [0.5, 0.6) is 5.88 Å². The summed E-state index contributed by atoms with van der Waals surface area (Å²) in [5, 5.41) is 20.0. The van der Waals surface area contributed by atoms with E-state index in [1.165, 1.54) is 6.20 Å². The van der Waals surface area contributed by atoms with Gasteiger partial charge < -0.3 is 25.5 Å². The number of nitrogens with one attached hydrogen (secondary N) is 4. The predicted molar refractivity (Wildman–Crippen MR) is 149 cm³/mol. The SMILES string of the molecule is COc1ccc(Nc2c(C#N)cnc3c(Cl)cc(N[C@H](C4=CN(C5COC5)NN4)c4ccccc4)cc23)cn1. The molecule has 1 saturated heterocycles. The number of hydrogen-bond donors (Lipinski definition) is 4. The number of halogens is 1. The molecule has 4 aromatic rings. The number of ether oxygens (including phenoxy) is 2. The number of hydrazine groups is 2. The molecule has 1 atom stereocenters. The molecule has 4 N–H and O–H groups in total. The van der Waals surface area contributed by atoms with E-state index in [2.05, 4.69) is 56.0 Å². The number of pyridine rings is 2. The molecule has 39 heavy (non-hydrogen) atoms. The van der Waals surface area contributed by atoms with Crippen LogP contribution in [0.3, 0.4) is 0 Å². The smallest absolute Gasteiger partial charge is 0.213 e. The lowest BCUT2D eigenvalue weighted by Crippen LogP contribution is -2.52. The third-order valence-electron chi connectivity index (χ3n) is 6.64. The van der Waals surface area contributed by atoms with Crippen LogP contribution in [0.25, 0.3) is 10.9 Å². The molecule has 0 aliphatic carbocycles. The van der Waals surface area contributed by atoms with Crippen LogP contribution in [0.1, 0.15) is 17.2 Å². The normalized spacial score (nSPS) is 15.6. The number of nitriles is 1. The van der Waals surface area contributed by atoms with Gasteiger partial charge in [-0.1, -0.05) is 41.9 Å². The van der Waals surface area contributed by atoms with Crippen molar-refractivity contribution in [3.05, 3.63) is 95.0 Å². The van der Waals surface area contributed by atoms with Gasteiger partial charge in [-0.25, -0.2) is 4.98 Å². The Morgan fingerprint density at radius 2 is 1.97 bits per heavy atom. The number of hydrogen-bond acceptors (Lipinski definition) is 10. The van der Waals surface area contributed by atoms with E-state index in [1.54, 1.807) is 19.4 Å². The van der Waals surface area contributed by atoms with Gasteiger partial charge in [0.15, 0.2) is 0 Å². The zero-order valence-corrected chi connectivity index (χ0v) is 21.7. The Bertz CT molecular complexity index is 1570. The van der Waals surface area contributed by atoms with Crippen molar-refractivity contribution in [1.82, 2.24) is 25.9 Å². The first kappa shape index (κ1) is 24.8. The van der Waals surface area contributed by atoms with Gasteiger partial charge in [-0.05, 0) is 23.8 Å². The lowest BCUT2D eigenvalue weighted by molar-refractivity contribution is -0.0635. The van der Waals surface area contributed by atoms with E-state index in [1.807, 2.05) is 41.4 Å². The van der Waals surface area contributed by atoms with Gasteiger partial charge in [-0.15, -0.1) is 5.53 Å². The summed E-state index contributed by atoms with van der Waals surface area (Å²) in [6.07, 6.45) is 5.22. The van der Waals surface area contributed by atoms with Crippen LogP contribution >= 0.6 is 11.6 Å². The van der Waals surface area contributed by atoms with Crippen molar-refractivity contribution in [3.8, 4) is 11.9 Å². The Hall–Kier alpha value is -4.56. The number of aromatic nitrogens is 2. The third kappa shape index (κ3) is 4.98. The molecule has 0 bridgehead atoms. The van der Waals surface area contributed by atoms with E-state index >= 15 is 0 Å². The molecule has 4 heterocycles. The Labute approximate surface area is 230 Å². The minimum Gasteiger partial charge on any atom is -0.481 e. The Morgan fingerprint density at radius 3 is 2.67 bits per heavy atom. The molecule has 10 nitrogen and oxygen atoms in total. The van der Waals surface area contributed by atoms with E-state index < -0.39 is 0 Å². The number of benzene rings is 2. The summed E-state index contributed by atoms with van der Waals surface area (Å²) in [4.78, 5) is 8.73. The molecular weight excluding hydrogens is 516 g/mol. The second kappa shape index (κ2) is 10.7. The average molecular weight is 541 g/mol. The predicted octanol–water partition coefficient (Wildman–Crippen LogP) is 4.63. The lowest BCUT2D eigenvalue weighted by atomic mass is 10.0. The van der Waals surface area contributed by atoms with Crippen LogP contribution in [0.2, 0.25) is 5.02 Å². The van der Waals surface area contributed by atoms with Crippen molar-refractivity contribution in [2.45, 2.75) is 12.1 Å². The highest BCUT2D eigenvalue weighted by molar-refractivity contribution is 6.36. The van der Waals surface area contributed by atoms with Crippen molar-refractivity contribution in [2.75, 3.05) is 31.0 Å². The average Bonchev–Trinajstić information content (AvgIpc) is 3.41. The van der Waals surface area contributed by atoms with Gasteiger partial charge in [0, 0.05) is 29.5 Å². The number of methoxy groups -OCH3 is 1. The summed E-state index contributed by atoms with van der Waals surface area (Å²) in [6.45, 7) is 1.35. The van der Waals surface area contributed by atoms with E-state index in [0.29, 0.717) is 52.0 Å². The third-order valence-corrected chi connectivity index (χ3v) is 6.92. The van der Waals surface area contributed by atoms with Crippen LogP contribution in [0.15, 0.2) is 78.9 Å². The molecule has 1 fully saturated rings. The maximum Gasteiger partial charge on any atom is 0.213 e. The van der Waals surface area contributed by atoms with Gasteiger partial charge >= 0.3 is 0 Å². The topological polar surface area (TPSA) is 119 Å². The molecule has 0 spiro atoms. The first-order chi connectivity index (χ1) is 19.1. The molecule has 0 saturated carbocycles. The van der Waals surface area contributed by atoms with Gasteiger partial charge in [-0.2, -0.15) is 5.26 Å².